The highest BCUT2D eigenvalue weighted by Crippen LogP contribution is 2.08. The summed E-state index contributed by atoms with van der Waals surface area (Å²) in [6.45, 7) is 6.99. The molecule has 0 heterocycles. The van der Waals surface area contributed by atoms with Crippen molar-refractivity contribution in [3.63, 3.8) is 0 Å². The molecule has 4 heteroatoms. The molecular formula is C11H21N3O. The predicted octanol–water partition coefficient (Wildman–Crippen LogP) is 1.12. The average molecular weight is 211 g/mol. The summed E-state index contributed by atoms with van der Waals surface area (Å²) in [7, 11) is 0. The van der Waals surface area contributed by atoms with E-state index in [2.05, 4.69) is 0 Å². The maximum absolute atomic E-state index is 11.9. The van der Waals surface area contributed by atoms with Gasteiger partial charge in [-0.1, -0.05) is 20.3 Å². The van der Waals surface area contributed by atoms with Gasteiger partial charge in [0.2, 0.25) is 5.91 Å². The first kappa shape index (κ1) is 13.9. The Morgan fingerprint density at radius 3 is 2.53 bits per heavy atom. The summed E-state index contributed by atoms with van der Waals surface area (Å²) >= 11 is 0. The van der Waals surface area contributed by atoms with Crippen LogP contribution in [0.15, 0.2) is 0 Å². The number of likely N-dealkylation sites (N-methyl/N-ethyl adjacent to an activating group) is 1. The van der Waals surface area contributed by atoms with Crippen LogP contribution in [0.3, 0.4) is 0 Å². The number of nitrogens with two attached hydrogens (primary N) is 1. The van der Waals surface area contributed by atoms with E-state index in [9.17, 15) is 4.79 Å². The number of hydrogen-bond donors (Lipinski definition) is 1. The molecule has 0 radical (unpaired) electrons. The van der Waals surface area contributed by atoms with E-state index in [-0.39, 0.29) is 11.8 Å². The Morgan fingerprint density at radius 2 is 2.13 bits per heavy atom. The van der Waals surface area contributed by atoms with Gasteiger partial charge in [0.15, 0.2) is 0 Å². The SMILES string of the molecule is CCC(C)[C@H](N)C(=O)N(CC)CCC#N. The van der Waals surface area contributed by atoms with Gasteiger partial charge in [0, 0.05) is 13.1 Å². The largest absolute Gasteiger partial charge is 0.341 e. The van der Waals surface area contributed by atoms with Gasteiger partial charge in [-0.05, 0) is 12.8 Å². The van der Waals surface area contributed by atoms with Gasteiger partial charge in [0.1, 0.15) is 0 Å². The Morgan fingerprint density at radius 1 is 1.53 bits per heavy atom. The summed E-state index contributed by atoms with van der Waals surface area (Å²) in [5.41, 5.74) is 5.85. The zero-order valence-electron chi connectivity index (χ0n) is 9.86. The first-order valence-corrected chi connectivity index (χ1v) is 5.49. The minimum absolute atomic E-state index is 0.0397. The maximum Gasteiger partial charge on any atom is 0.239 e. The molecule has 0 aromatic heterocycles. The van der Waals surface area contributed by atoms with E-state index < -0.39 is 6.04 Å². The minimum Gasteiger partial charge on any atom is -0.341 e. The minimum atomic E-state index is -0.436. The predicted molar refractivity (Wildman–Crippen MR) is 59.9 cm³/mol. The first-order chi connectivity index (χ1) is 7.08. The van der Waals surface area contributed by atoms with Crippen LogP contribution in [0.5, 0.6) is 0 Å². The third-order valence-electron chi connectivity index (χ3n) is 2.73. The molecule has 0 spiro atoms. The highest BCUT2D eigenvalue weighted by Gasteiger charge is 2.23. The molecule has 86 valence electrons. The van der Waals surface area contributed by atoms with Gasteiger partial charge in [-0.25, -0.2) is 0 Å². The van der Waals surface area contributed by atoms with Gasteiger partial charge in [-0.2, -0.15) is 5.26 Å². The standard InChI is InChI=1S/C11H21N3O/c1-4-9(3)10(13)11(15)14(5-2)8-6-7-12/h9-10H,4-6,8,13H2,1-3H3/t9?,10-/m0/s1. The van der Waals surface area contributed by atoms with Gasteiger partial charge in [0.25, 0.3) is 0 Å². The van der Waals surface area contributed by atoms with Crippen molar-refractivity contribution in [2.75, 3.05) is 13.1 Å². The third kappa shape index (κ3) is 4.30. The summed E-state index contributed by atoms with van der Waals surface area (Å²) < 4.78 is 0. The Bertz CT molecular complexity index is 234. The molecule has 0 saturated heterocycles. The summed E-state index contributed by atoms with van der Waals surface area (Å²) in [4.78, 5) is 13.5. The summed E-state index contributed by atoms with van der Waals surface area (Å²) in [6.07, 6.45) is 1.26. The van der Waals surface area contributed by atoms with E-state index in [1.54, 1.807) is 4.90 Å². The van der Waals surface area contributed by atoms with Crippen molar-refractivity contribution in [2.45, 2.75) is 39.7 Å². The van der Waals surface area contributed by atoms with Crippen molar-refractivity contribution in [1.82, 2.24) is 4.90 Å². The van der Waals surface area contributed by atoms with Crippen molar-refractivity contribution < 1.29 is 4.79 Å². The summed E-state index contributed by atoms with van der Waals surface area (Å²) in [6, 6.07) is 1.60. The lowest BCUT2D eigenvalue weighted by molar-refractivity contribution is -0.133. The van der Waals surface area contributed by atoms with Crippen LogP contribution in [-0.4, -0.2) is 29.9 Å². The number of nitrogens with zero attached hydrogens (tertiary/aromatic N) is 2. The van der Waals surface area contributed by atoms with Crippen LogP contribution in [-0.2, 0) is 4.79 Å². The van der Waals surface area contributed by atoms with E-state index in [0.29, 0.717) is 19.5 Å². The lowest BCUT2D eigenvalue weighted by Crippen LogP contribution is -2.47. The van der Waals surface area contributed by atoms with Crippen molar-refractivity contribution in [1.29, 1.82) is 5.26 Å². The normalized spacial score (nSPS) is 14.1. The molecule has 0 saturated carbocycles. The van der Waals surface area contributed by atoms with E-state index in [0.717, 1.165) is 6.42 Å². The van der Waals surface area contributed by atoms with Gasteiger partial charge in [-0.15, -0.1) is 0 Å². The molecule has 15 heavy (non-hydrogen) atoms. The fourth-order valence-electron chi connectivity index (χ4n) is 1.32. The van der Waals surface area contributed by atoms with Gasteiger partial charge in [0.05, 0.1) is 18.5 Å². The molecule has 0 bridgehead atoms. The molecular weight excluding hydrogens is 190 g/mol. The average Bonchev–Trinajstić information content (AvgIpc) is 2.27. The van der Waals surface area contributed by atoms with Crippen molar-refractivity contribution in [3.8, 4) is 6.07 Å². The van der Waals surface area contributed by atoms with E-state index in [4.69, 9.17) is 11.0 Å². The lowest BCUT2D eigenvalue weighted by Gasteiger charge is -2.26. The van der Waals surface area contributed by atoms with Crippen LogP contribution in [0.1, 0.15) is 33.6 Å². The molecule has 4 nitrogen and oxygen atoms in total. The molecule has 2 atom stereocenters. The monoisotopic (exact) mass is 211 g/mol. The molecule has 0 rings (SSSR count). The molecule has 0 fully saturated rings. The van der Waals surface area contributed by atoms with E-state index in [1.807, 2.05) is 26.8 Å². The second-order valence-electron chi connectivity index (χ2n) is 3.74. The molecule has 0 aliphatic carbocycles. The quantitative estimate of drug-likeness (QED) is 0.715. The number of rotatable bonds is 6. The van der Waals surface area contributed by atoms with Crippen LogP contribution in [0.4, 0.5) is 0 Å². The Balaban J connectivity index is 4.31. The maximum atomic E-state index is 11.9. The Labute approximate surface area is 92.0 Å². The molecule has 0 aliphatic rings. The molecule has 2 N–H and O–H groups in total. The number of hydrogen-bond acceptors (Lipinski definition) is 3. The van der Waals surface area contributed by atoms with Gasteiger partial charge >= 0.3 is 0 Å². The van der Waals surface area contributed by atoms with Crippen molar-refractivity contribution in [3.05, 3.63) is 0 Å². The second-order valence-corrected chi connectivity index (χ2v) is 3.74. The lowest BCUT2D eigenvalue weighted by atomic mass is 9.99. The van der Waals surface area contributed by atoms with Crippen LogP contribution in [0.2, 0.25) is 0 Å². The summed E-state index contributed by atoms with van der Waals surface area (Å²) in [5.74, 6) is 0.149. The Kier molecular flexibility index (Phi) is 6.72. The van der Waals surface area contributed by atoms with Gasteiger partial charge in [-0.3, -0.25) is 4.79 Å². The zero-order chi connectivity index (χ0) is 11.8. The highest BCUT2D eigenvalue weighted by molar-refractivity contribution is 5.81. The van der Waals surface area contributed by atoms with Crippen LogP contribution < -0.4 is 5.73 Å². The number of carbonyl (C=O) groups excluding carboxylic acids is 1. The first-order valence-electron chi connectivity index (χ1n) is 5.49. The van der Waals surface area contributed by atoms with Crippen LogP contribution in [0, 0.1) is 17.2 Å². The number of nitriles is 1. The molecule has 0 aliphatic heterocycles. The van der Waals surface area contributed by atoms with Crippen LogP contribution >= 0.6 is 0 Å². The highest BCUT2D eigenvalue weighted by atomic mass is 16.2. The summed E-state index contributed by atoms with van der Waals surface area (Å²) in [5, 5.41) is 8.47. The van der Waals surface area contributed by atoms with Crippen molar-refractivity contribution in [2.24, 2.45) is 11.7 Å². The molecule has 1 unspecified atom stereocenters. The fourth-order valence-corrected chi connectivity index (χ4v) is 1.32. The second kappa shape index (κ2) is 7.24. The fraction of sp³-hybridized carbons (Fsp3) is 0.818. The smallest absolute Gasteiger partial charge is 0.239 e. The molecule has 1 amide bonds. The Hall–Kier alpha value is -1.08. The zero-order valence-corrected chi connectivity index (χ0v) is 9.86. The van der Waals surface area contributed by atoms with E-state index in [1.165, 1.54) is 0 Å². The number of amides is 1. The molecule has 0 aromatic rings. The van der Waals surface area contributed by atoms with Crippen LogP contribution in [0.25, 0.3) is 0 Å². The number of carbonyl (C=O) groups is 1. The topological polar surface area (TPSA) is 70.1 Å². The van der Waals surface area contributed by atoms with E-state index >= 15 is 0 Å². The van der Waals surface area contributed by atoms with Crippen molar-refractivity contribution >= 4 is 5.91 Å². The third-order valence-corrected chi connectivity index (χ3v) is 2.73. The molecule has 0 aromatic carbocycles. The van der Waals surface area contributed by atoms with Gasteiger partial charge < -0.3 is 10.6 Å².